The van der Waals surface area contributed by atoms with Gasteiger partial charge in [0.15, 0.2) is 6.29 Å². The fourth-order valence-electron chi connectivity index (χ4n) is 8.26. The second kappa shape index (κ2) is 20.1. The molecule has 0 unspecified atom stereocenters. The Bertz CT molecular complexity index is 2420. The monoisotopic (exact) mass is 873 g/mol. The molecule has 0 aromatic heterocycles. The van der Waals surface area contributed by atoms with E-state index in [1.165, 1.54) is 12.1 Å². The largest absolute Gasteiger partial charge is 0.459 e. The van der Waals surface area contributed by atoms with E-state index in [1.54, 1.807) is 12.1 Å². The first-order chi connectivity index (χ1) is 30.2. The van der Waals surface area contributed by atoms with Crippen molar-refractivity contribution in [1.29, 1.82) is 0 Å². The number of amides is 1. The van der Waals surface area contributed by atoms with Crippen LogP contribution < -0.4 is 10.0 Å². The van der Waals surface area contributed by atoms with Crippen LogP contribution >= 0.6 is 0 Å². The maximum Gasteiger partial charge on any atom is 0.323 e. The SMILES string of the molecule is Cc1ccc(S(=O)(=O)N[C@H](Cc2ccccc2)C(=O)NCc2cccc(-c3ccc([C@H]4O[C@@H](CN5CCC[C@H]5C(=O)OC(C)(C)C)[C@@H](C)[C@@H](c5ccc(CO)cc5)O4)cc3)c2)cc1. The van der Waals surface area contributed by atoms with Gasteiger partial charge >= 0.3 is 5.97 Å². The van der Waals surface area contributed by atoms with Gasteiger partial charge in [0.25, 0.3) is 0 Å². The minimum atomic E-state index is -3.98. The van der Waals surface area contributed by atoms with Gasteiger partial charge in [0.05, 0.1) is 23.7 Å². The molecule has 0 saturated carbocycles. The number of esters is 1. The van der Waals surface area contributed by atoms with Crippen LogP contribution in [0.5, 0.6) is 0 Å². The smallest absolute Gasteiger partial charge is 0.323 e. The third kappa shape index (κ3) is 11.9. The van der Waals surface area contributed by atoms with Crippen LogP contribution in [0.4, 0.5) is 0 Å². The Morgan fingerprint density at radius 2 is 1.51 bits per heavy atom. The molecule has 2 aliphatic rings. The summed E-state index contributed by atoms with van der Waals surface area (Å²) in [7, 11) is -3.98. The number of sulfonamides is 1. The number of ether oxygens (including phenoxy) is 3. The van der Waals surface area contributed by atoms with Crippen molar-refractivity contribution >= 4 is 21.9 Å². The molecule has 12 heteroatoms. The fraction of sp³-hybridized carbons (Fsp3) is 0.373. The number of carbonyl (C=O) groups excluding carboxylic acids is 2. The molecular weight excluding hydrogens is 815 g/mol. The number of benzene rings is 5. The summed E-state index contributed by atoms with van der Waals surface area (Å²) >= 11 is 0. The fourth-order valence-corrected chi connectivity index (χ4v) is 9.45. The molecule has 2 saturated heterocycles. The number of aliphatic hydroxyl groups excluding tert-OH is 1. The number of rotatable bonds is 15. The van der Waals surface area contributed by atoms with E-state index >= 15 is 0 Å². The van der Waals surface area contributed by atoms with Gasteiger partial charge in [0.2, 0.25) is 15.9 Å². The van der Waals surface area contributed by atoms with E-state index in [0.29, 0.717) is 6.54 Å². The Morgan fingerprint density at radius 1 is 0.825 bits per heavy atom. The molecule has 3 N–H and O–H groups in total. The highest BCUT2D eigenvalue weighted by molar-refractivity contribution is 7.89. The molecule has 63 heavy (non-hydrogen) atoms. The number of nitrogens with zero attached hydrogens (tertiary/aromatic N) is 1. The minimum Gasteiger partial charge on any atom is -0.459 e. The summed E-state index contributed by atoms with van der Waals surface area (Å²) in [6.07, 6.45) is 0.574. The molecule has 0 radical (unpaired) electrons. The molecule has 5 aromatic carbocycles. The van der Waals surface area contributed by atoms with Gasteiger partial charge in [-0.3, -0.25) is 14.5 Å². The molecule has 7 rings (SSSR count). The zero-order chi connectivity index (χ0) is 44.7. The first-order valence-electron chi connectivity index (χ1n) is 21.7. The van der Waals surface area contributed by atoms with Crippen molar-refractivity contribution in [3.63, 3.8) is 0 Å². The molecule has 0 spiro atoms. The van der Waals surface area contributed by atoms with Crippen molar-refractivity contribution in [2.24, 2.45) is 5.92 Å². The van der Waals surface area contributed by atoms with Crippen molar-refractivity contribution in [2.45, 2.75) is 108 Å². The van der Waals surface area contributed by atoms with Crippen molar-refractivity contribution < 1.29 is 37.3 Å². The molecule has 2 fully saturated rings. The Kier molecular flexibility index (Phi) is 14.6. The van der Waals surface area contributed by atoms with E-state index in [9.17, 15) is 23.1 Å². The van der Waals surface area contributed by atoms with Crippen LogP contribution in [0.3, 0.4) is 0 Å². The molecule has 0 bridgehead atoms. The number of carbonyl (C=O) groups is 2. The molecule has 2 heterocycles. The minimum absolute atomic E-state index is 0.0469. The van der Waals surface area contributed by atoms with Crippen LogP contribution in [0.25, 0.3) is 11.1 Å². The average molecular weight is 874 g/mol. The van der Waals surface area contributed by atoms with Gasteiger partial charge < -0.3 is 24.6 Å². The maximum absolute atomic E-state index is 13.7. The van der Waals surface area contributed by atoms with Gasteiger partial charge in [0, 0.05) is 24.6 Å². The maximum atomic E-state index is 13.7. The van der Waals surface area contributed by atoms with Gasteiger partial charge in [-0.1, -0.05) is 122 Å². The van der Waals surface area contributed by atoms with Crippen molar-refractivity contribution in [3.05, 3.63) is 161 Å². The average Bonchev–Trinajstić information content (AvgIpc) is 3.74. The Morgan fingerprint density at radius 3 is 2.19 bits per heavy atom. The molecule has 6 atom stereocenters. The Hall–Kier alpha value is -5.21. The van der Waals surface area contributed by atoms with Crippen LogP contribution in [-0.2, 0) is 53.4 Å². The van der Waals surface area contributed by atoms with Crippen LogP contribution in [0.2, 0.25) is 0 Å². The summed E-state index contributed by atoms with van der Waals surface area (Å²) in [5, 5.41) is 12.7. The van der Waals surface area contributed by atoms with Gasteiger partial charge in [-0.25, -0.2) is 8.42 Å². The highest BCUT2D eigenvalue weighted by atomic mass is 32.2. The number of nitrogens with one attached hydrogen (secondary N) is 2. The molecule has 332 valence electrons. The van der Waals surface area contributed by atoms with E-state index in [1.807, 2.05) is 131 Å². The molecular formula is C51H59N3O8S. The van der Waals surface area contributed by atoms with Crippen molar-refractivity contribution in [3.8, 4) is 11.1 Å². The Balaban J connectivity index is 1.06. The zero-order valence-corrected chi connectivity index (χ0v) is 37.5. The van der Waals surface area contributed by atoms with E-state index in [-0.39, 0.29) is 54.6 Å². The molecule has 5 aromatic rings. The van der Waals surface area contributed by atoms with Crippen LogP contribution in [0, 0.1) is 12.8 Å². The van der Waals surface area contributed by atoms with E-state index in [4.69, 9.17) is 14.2 Å². The molecule has 2 aliphatic heterocycles. The first-order valence-corrected chi connectivity index (χ1v) is 23.2. The second-order valence-corrected chi connectivity index (χ2v) is 19.4. The highest BCUT2D eigenvalue weighted by Gasteiger charge is 2.42. The normalized spacial score (nSPS) is 21.1. The number of hydrogen-bond acceptors (Lipinski definition) is 9. The molecule has 11 nitrogen and oxygen atoms in total. The molecule has 0 aliphatic carbocycles. The lowest BCUT2D eigenvalue weighted by Crippen LogP contribution is -2.48. The summed E-state index contributed by atoms with van der Waals surface area (Å²) in [6.45, 7) is 11.1. The van der Waals surface area contributed by atoms with Crippen LogP contribution in [-0.4, -0.2) is 67.2 Å². The van der Waals surface area contributed by atoms with Crippen molar-refractivity contribution in [2.75, 3.05) is 13.1 Å². The van der Waals surface area contributed by atoms with Gasteiger partial charge in [-0.2, -0.15) is 4.72 Å². The van der Waals surface area contributed by atoms with E-state index in [0.717, 1.165) is 63.9 Å². The number of likely N-dealkylation sites (tertiary alicyclic amines) is 1. The standard InChI is InChI=1S/C51H59N3O8S/c1-34-16-26-43(27-17-34)63(58,59)53-44(30-36-11-7-6-8-12-36)48(56)52-31-38-13-9-14-42(29-38)39-22-24-41(25-23-39)50-60-46(32-54-28-10-15-45(54)49(57)62-51(3,4)5)35(2)47(61-50)40-20-18-37(33-55)19-21-40/h6-9,11-14,16-27,29,35,44-47,50,53,55H,10,15,28,30-33H2,1-5H3,(H,52,56)/t35-,44-,45+,46+,47+,50+/m1/s1. The first kappa shape index (κ1) is 45.8. The van der Waals surface area contributed by atoms with E-state index in [2.05, 4.69) is 21.9 Å². The lowest BCUT2D eigenvalue weighted by atomic mass is 9.89. The zero-order valence-electron chi connectivity index (χ0n) is 36.7. The quantitative estimate of drug-likeness (QED) is 0.0894. The third-order valence-corrected chi connectivity index (χ3v) is 13.2. The summed E-state index contributed by atoms with van der Waals surface area (Å²) in [5.41, 5.74) is 6.58. The predicted octanol–water partition coefficient (Wildman–Crippen LogP) is 7.96. The van der Waals surface area contributed by atoms with Crippen LogP contribution in [0.15, 0.2) is 132 Å². The number of hydrogen-bond donors (Lipinski definition) is 3. The highest BCUT2D eigenvalue weighted by Crippen LogP contribution is 2.43. The van der Waals surface area contributed by atoms with Gasteiger partial charge in [-0.15, -0.1) is 0 Å². The topological polar surface area (TPSA) is 144 Å². The summed E-state index contributed by atoms with van der Waals surface area (Å²) < 4.78 is 48.7. The van der Waals surface area contributed by atoms with Crippen LogP contribution in [0.1, 0.15) is 86.3 Å². The summed E-state index contributed by atoms with van der Waals surface area (Å²) in [6, 6.07) is 38.2. The van der Waals surface area contributed by atoms with Crippen molar-refractivity contribution in [1.82, 2.24) is 14.9 Å². The molecule has 1 amide bonds. The predicted molar refractivity (Wildman–Crippen MR) is 243 cm³/mol. The lowest BCUT2D eigenvalue weighted by Gasteiger charge is -2.43. The third-order valence-electron chi connectivity index (χ3n) is 11.7. The van der Waals surface area contributed by atoms with E-state index < -0.39 is 33.9 Å². The second-order valence-electron chi connectivity index (χ2n) is 17.7. The van der Waals surface area contributed by atoms with Gasteiger partial charge in [-0.05, 0) is 105 Å². The number of aliphatic hydroxyl groups is 1. The number of aryl methyl sites for hydroxylation is 1. The summed E-state index contributed by atoms with van der Waals surface area (Å²) in [5.74, 6) is -0.689. The lowest BCUT2D eigenvalue weighted by molar-refractivity contribution is -0.276. The summed E-state index contributed by atoms with van der Waals surface area (Å²) in [4.78, 5) is 29.3. The Labute approximate surface area is 371 Å². The van der Waals surface area contributed by atoms with Gasteiger partial charge in [0.1, 0.15) is 17.7 Å².